The third-order valence-electron chi connectivity index (χ3n) is 5.86. The standard InChI is InChI=1S/C25H27FN4O4S/c26-21-6-3-7-22(17-21)28-24(31)18-29-12-14-30(15-13-29)25(32)10-11-27-35(33,34)23-9-8-19-4-1-2-5-20(19)16-23/h1-9,16-17,27H,10-15,18H2,(H,28,31). The van der Waals surface area contributed by atoms with Gasteiger partial charge in [0.1, 0.15) is 5.82 Å². The topological polar surface area (TPSA) is 98.8 Å². The Labute approximate surface area is 203 Å². The Morgan fingerprint density at radius 3 is 2.37 bits per heavy atom. The molecule has 0 saturated carbocycles. The Bertz CT molecular complexity index is 1320. The molecule has 2 amide bonds. The van der Waals surface area contributed by atoms with Crippen molar-refractivity contribution in [1.29, 1.82) is 0 Å². The molecule has 35 heavy (non-hydrogen) atoms. The van der Waals surface area contributed by atoms with Gasteiger partial charge in [-0.2, -0.15) is 0 Å². The summed E-state index contributed by atoms with van der Waals surface area (Å²) in [5, 5.41) is 4.44. The molecule has 2 N–H and O–H groups in total. The number of hydrogen-bond donors (Lipinski definition) is 2. The first-order chi connectivity index (χ1) is 16.8. The number of fused-ring (bicyclic) bond motifs is 1. The van der Waals surface area contributed by atoms with Crippen LogP contribution in [0.15, 0.2) is 71.6 Å². The summed E-state index contributed by atoms with van der Waals surface area (Å²) >= 11 is 0. The van der Waals surface area contributed by atoms with Crippen molar-refractivity contribution in [2.45, 2.75) is 11.3 Å². The Morgan fingerprint density at radius 2 is 1.63 bits per heavy atom. The lowest BCUT2D eigenvalue weighted by atomic mass is 10.1. The largest absolute Gasteiger partial charge is 0.340 e. The van der Waals surface area contributed by atoms with Crippen LogP contribution in [-0.2, 0) is 19.6 Å². The number of rotatable bonds is 8. The van der Waals surface area contributed by atoms with Crippen molar-refractivity contribution in [3.8, 4) is 0 Å². The van der Waals surface area contributed by atoms with Crippen molar-refractivity contribution in [2.24, 2.45) is 0 Å². The van der Waals surface area contributed by atoms with Crippen LogP contribution in [0.4, 0.5) is 10.1 Å². The molecule has 1 aliphatic rings. The number of sulfonamides is 1. The van der Waals surface area contributed by atoms with Crippen LogP contribution in [0.25, 0.3) is 10.8 Å². The van der Waals surface area contributed by atoms with E-state index in [0.29, 0.717) is 31.9 Å². The number of amides is 2. The number of piperazine rings is 1. The summed E-state index contributed by atoms with van der Waals surface area (Å²) < 4.78 is 41.0. The van der Waals surface area contributed by atoms with E-state index >= 15 is 0 Å². The third kappa shape index (κ3) is 6.62. The Kier molecular flexibility index (Phi) is 7.74. The first-order valence-corrected chi connectivity index (χ1v) is 12.8. The number of benzene rings is 3. The van der Waals surface area contributed by atoms with Gasteiger partial charge in [-0.05, 0) is 41.1 Å². The molecule has 1 fully saturated rings. The van der Waals surface area contributed by atoms with Crippen LogP contribution in [0.1, 0.15) is 6.42 Å². The van der Waals surface area contributed by atoms with Crippen molar-refractivity contribution in [2.75, 3.05) is 44.6 Å². The molecular weight excluding hydrogens is 471 g/mol. The lowest BCUT2D eigenvalue weighted by Crippen LogP contribution is -2.50. The monoisotopic (exact) mass is 498 g/mol. The predicted octanol–water partition coefficient (Wildman–Crippen LogP) is 2.43. The molecule has 0 unspecified atom stereocenters. The Hall–Kier alpha value is -3.34. The lowest BCUT2D eigenvalue weighted by molar-refractivity contribution is -0.132. The predicted molar refractivity (Wildman–Crippen MR) is 132 cm³/mol. The summed E-state index contributed by atoms with van der Waals surface area (Å²) in [7, 11) is -3.73. The van der Waals surface area contributed by atoms with E-state index in [1.54, 1.807) is 29.2 Å². The van der Waals surface area contributed by atoms with Gasteiger partial charge in [0.2, 0.25) is 21.8 Å². The molecule has 4 rings (SSSR count). The van der Waals surface area contributed by atoms with Crippen molar-refractivity contribution >= 4 is 38.3 Å². The number of halogens is 1. The molecule has 3 aromatic carbocycles. The van der Waals surface area contributed by atoms with Crippen LogP contribution in [0.3, 0.4) is 0 Å². The first kappa shape index (κ1) is 24.8. The van der Waals surface area contributed by atoms with Crippen LogP contribution in [0.5, 0.6) is 0 Å². The molecule has 8 nitrogen and oxygen atoms in total. The zero-order valence-electron chi connectivity index (χ0n) is 19.1. The highest BCUT2D eigenvalue weighted by Gasteiger charge is 2.23. The quantitative estimate of drug-likeness (QED) is 0.497. The molecule has 1 aliphatic heterocycles. The third-order valence-corrected chi connectivity index (χ3v) is 7.32. The van der Waals surface area contributed by atoms with Crippen LogP contribution in [0.2, 0.25) is 0 Å². The Morgan fingerprint density at radius 1 is 0.886 bits per heavy atom. The van der Waals surface area contributed by atoms with Crippen LogP contribution >= 0.6 is 0 Å². The van der Waals surface area contributed by atoms with Crippen molar-refractivity contribution in [1.82, 2.24) is 14.5 Å². The highest BCUT2D eigenvalue weighted by Crippen LogP contribution is 2.19. The van der Waals surface area contributed by atoms with Crippen molar-refractivity contribution < 1.29 is 22.4 Å². The van der Waals surface area contributed by atoms with Crippen LogP contribution < -0.4 is 10.0 Å². The fourth-order valence-corrected chi connectivity index (χ4v) is 5.06. The van der Waals surface area contributed by atoms with E-state index in [-0.39, 0.29) is 36.2 Å². The number of carbonyl (C=O) groups excluding carboxylic acids is 2. The van der Waals surface area contributed by atoms with Crippen molar-refractivity contribution in [3.05, 3.63) is 72.5 Å². The average molecular weight is 499 g/mol. The normalized spacial score (nSPS) is 14.7. The number of nitrogens with one attached hydrogen (secondary N) is 2. The SMILES string of the molecule is O=C(CN1CCN(C(=O)CCNS(=O)(=O)c2ccc3ccccc3c2)CC1)Nc1cccc(F)c1. The van der Waals surface area contributed by atoms with Gasteiger partial charge >= 0.3 is 0 Å². The van der Waals surface area contributed by atoms with E-state index in [1.807, 2.05) is 29.2 Å². The molecule has 0 spiro atoms. The molecule has 3 aromatic rings. The minimum Gasteiger partial charge on any atom is -0.340 e. The van der Waals surface area contributed by atoms with Gasteiger partial charge in [0, 0.05) is 44.8 Å². The zero-order valence-corrected chi connectivity index (χ0v) is 19.9. The molecule has 0 aliphatic carbocycles. The van der Waals surface area contributed by atoms with Gasteiger partial charge < -0.3 is 10.2 Å². The summed E-state index contributed by atoms with van der Waals surface area (Å²) in [6, 6.07) is 18.1. The van der Waals surface area contributed by atoms with E-state index in [1.165, 1.54) is 18.2 Å². The van der Waals surface area contributed by atoms with E-state index in [4.69, 9.17) is 0 Å². The molecule has 1 saturated heterocycles. The van der Waals surface area contributed by atoms with Gasteiger partial charge in [-0.25, -0.2) is 17.5 Å². The molecule has 0 atom stereocenters. The highest BCUT2D eigenvalue weighted by molar-refractivity contribution is 7.89. The second-order valence-corrected chi connectivity index (χ2v) is 10.1. The summed E-state index contributed by atoms with van der Waals surface area (Å²) in [6.07, 6.45) is 0.0485. The zero-order chi connectivity index (χ0) is 24.8. The highest BCUT2D eigenvalue weighted by atomic mass is 32.2. The molecule has 10 heteroatoms. The van der Waals surface area contributed by atoms with Gasteiger partial charge in [-0.1, -0.05) is 36.4 Å². The average Bonchev–Trinajstić information content (AvgIpc) is 2.84. The van der Waals surface area contributed by atoms with E-state index in [0.717, 1.165) is 10.8 Å². The molecule has 184 valence electrons. The number of nitrogens with zero attached hydrogens (tertiary/aromatic N) is 2. The Balaban J connectivity index is 1.20. The lowest BCUT2D eigenvalue weighted by Gasteiger charge is -2.34. The number of carbonyl (C=O) groups is 2. The molecule has 0 aromatic heterocycles. The maximum atomic E-state index is 13.3. The van der Waals surface area contributed by atoms with E-state index < -0.39 is 15.8 Å². The van der Waals surface area contributed by atoms with Gasteiger partial charge in [-0.3, -0.25) is 14.5 Å². The van der Waals surface area contributed by atoms with Gasteiger partial charge in [-0.15, -0.1) is 0 Å². The van der Waals surface area contributed by atoms with E-state index in [2.05, 4.69) is 10.0 Å². The molecule has 0 bridgehead atoms. The minimum absolute atomic E-state index is 0.00422. The molecule has 1 heterocycles. The van der Waals surface area contributed by atoms with Gasteiger partial charge in [0.25, 0.3) is 0 Å². The summed E-state index contributed by atoms with van der Waals surface area (Å²) in [5.41, 5.74) is 0.398. The summed E-state index contributed by atoms with van der Waals surface area (Å²) in [4.78, 5) is 28.5. The molecule has 0 radical (unpaired) electrons. The second-order valence-electron chi connectivity index (χ2n) is 8.37. The second kappa shape index (κ2) is 10.9. The van der Waals surface area contributed by atoms with Gasteiger partial charge in [0.05, 0.1) is 11.4 Å². The van der Waals surface area contributed by atoms with Crippen molar-refractivity contribution in [3.63, 3.8) is 0 Å². The summed E-state index contributed by atoms with van der Waals surface area (Å²) in [5.74, 6) is -0.817. The summed E-state index contributed by atoms with van der Waals surface area (Å²) in [6.45, 7) is 2.08. The fraction of sp³-hybridized carbons (Fsp3) is 0.280. The van der Waals surface area contributed by atoms with E-state index in [9.17, 15) is 22.4 Å². The molecular formula is C25H27FN4O4S. The smallest absolute Gasteiger partial charge is 0.240 e. The van der Waals surface area contributed by atoms with Crippen LogP contribution in [0, 0.1) is 5.82 Å². The van der Waals surface area contributed by atoms with Gasteiger partial charge in [0.15, 0.2) is 0 Å². The minimum atomic E-state index is -3.73. The number of anilines is 1. The maximum Gasteiger partial charge on any atom is 0.240 e. The number of hydrogen-bond acceptors (Lipinski definition) is 5. The fourth-order valence-electron chi connectivity index (χ4n) is 3.99. The maximum absolute atomic E-state index is 13.3. The first-order valence-electron chi connectivity index (χ1n) is 11.3. The van der Waals surface area contributed by atoms with Crippen LogP contribution in [-0.4, -0.2) is 69.3 Å².